The number of hydrogen-bond donors (Lipinski definition) is 2. The van der Waals surface area contributed by atoms with E-state index >= 15 is 4.39 Å². The Kier molecular flexibility index (Phi) is 8.93. The number of benzene rings is 3. The van der Waals surface area contributed by atoms with Gasteiger partial charge in [0.05, 0.1) is 25.5 Å². The number of anilines is 2. The third kappa shape index (κ3) is 6.46. The van der Waals surface area contributed by atoms with Crippen LogP contribution in [0.4, 0.5) is 15.9 Å². The van der Waals surface area contributed by atoms with Crippen LogP contribution in [0, 0.1) is 5.82 Å². The summed E-state index contributed by atoms with van der Waals surface area (Å²) in [6, 6.07) is 20.2. The van der Waals surface area contributed by atoms with Crippen molar-refractivity contribution in [2.45, 2.75) is 32.9 Å². The summed E-state index contributed by atoms with van der Waals surface area (Å²) in [4.78, 5) is 24.6. The number of ether oxygens (including phenoxy) is 2. The van der Waals surface area contributed by atoms with Crippen molar-refractivity contribution in [3.05, 3.63) is 102 Å². The number of pyridine rings is 1. The van der Waals surface area contributed by atoms with E-state index in [1.165, 1.54) is 0 Å². The standard InChI is InChI=1S/C35H37FN6O3/c1-3-23-18-28(32(36)30(19-23)45-4-2)33(39-26-10-11-27-25(20-26)12-13-38-34(27)37)35-40-29(24-8-6-5-7-9-24)21-42(35)22-31(43)41-14-16-44-17-15-41/h5-13,18-21,33,39H,3-4,14-17,22H2,1-2H3,(H2,37,38). The molecule has 0 bridgehead atoms. The molecule has 0 saturated carbocycles. The number of nitrogens with zero attached hydrogens (tertiary/aromatic N) is 4. The third-order valence-electron chi connectivity index (χ3n) is 8.06. The number of morpholine rings is 1. The van der Waals surface area contributed by atoms with Crippen LogP contribution in [0.15, 0.2) is 79.1 Å². The number of rotatable bonds is 10. The fourth-order valence-corrected chi connectivity index (χ4v) is 5.69. The van der Waals surface area contributed by atoms with Crippen LogP contribution in [0.25, 0.3) is 22.0 Å². The lowest BCUT2D eigenvalue weighted by molar-refractivity contribution is -0.135. The Morgan fingerprint density at radius 2 is 1.89 bits per heavy atom. The van der Waals surface area contributed by atoms with Gasteiger partial charge in [-0.15, -0.1) is 0 Å². The summed E-state index contributed by atoms with van der Waals surface area (Å²) in [5.74, 6) is 0.586. The van der Waals surface area contributed by atoms with Gasteiger partial charge >= 0.3 is 0 Å². The molecular weight excluding hydrogens is 571 g/mol. The van der Waals surface area contributed by atoms with Gasteiger partial charge in [0.15, 0.2) is 11.6 Å². The number of imidazole rings is 1. The van der Waals surface area contributed by atoms with E-state index in [4.69, 9.17) is 20.2 Å². The molecule has 1 aliphatic rings. The van der Waals surface area contributed by atoms with E-state index < -0.39 is 11.9 Å². The first-order valence-electron chi connectivity index (χ1n) is 15.3. The number of nitrogens with one attached hydrogen (secondary N) is 1. The number of fused-ring (bicyclic) bond motifs is 1. The number of carbonyl (C=O) groups is 1. The van der Waals surface area contributed by atoms with E-state index in [2.05, 4.69) is 10.3 Å². The first kappa shape index (κ1) is 30.1. The van der Waals surface area contributed by atoms with Gasteiger partial charge in [0.25, 0.3) is 0 Å². The van der Waals surface area contributed by atoms with Crippen molar-refractivity contribution in [2.24, 2.45) is 0 Å². The molecule has 5 aromatic rings. The molecule has 9 nitrogen and oxygen atoms in total. The van der Waals surface area contributed by atoms with Gasteiger partial charge in [0.2, 0.25) is 5.91 Å². The summed E-state index contributed by atoms with van der Waals surface area (Å²) in [5, 5.41) is 5.27. The second kappa shape index (κ2) is 13.4. The van der Waals surface area contributed by atoms with Crippen LogP contribution in [-0.4, -0.2) is 58.3 Å². The monoisotopic (exact) mass is 608 g/mol. The summed E-state index contributed by atoms with van der Waals surface area (Å²) in [6.07, 6.45) is 4.21. The average molecular weight is 609 g/mol. The molecule has 3 N–H and O–H groups in total. The van der Waals surface area contributed by atoms with Crippen molar-refractivity contribution in [3.8, 4) is 17.0 Å². The fourth-order valence-electron chi connectivity index (χ4n) is 5.69. The highest BCUT2D eigenvalue weighted by molar-refractivity contribution is 5.93. The number of nitrogens with two attached hydrogens (primary N) is 1. The van der Waals surface area contributed by atoms with Crippen molar-refractivity contribution in [1.82, 2.24) is 19.4 Å². The van der Waals surface area contributed by atoms with Crippen LogP contribution in [0.1, 0.15) is 36.8 Å². The molecule has 0 spiro atoms. The van der Waals surface area contributed by atoms with Gasteiger partial charge < -0.3 is 30.0 Å². The number of amides is 1. The van der Waals surface area contributed by atoms with Gasteiger partial charge in [-0.1, -0.05) is 43.3 Å². The first-order valence-corrected chi connectivity index (χ1v) is 15.3. The number of hydrogen-bond acceptors (Lipinski definition) is 7. The maximum absolute atomic E-state index is 16.4. The molecule has 1 amide bonds. The SMILES string of the molecule is CCOc1cc(CC)cc(C(Nc2ccc3c(N)nccc3c2)c2nc(-c3ccccc3)cn2CC(=O)N2CCOCC2)c1F. The second-order valence-electron chi connectivity index (χ2n) is 11.0. The number of aromatic nitrogens is 3. The normalized spacial score (nSPS) is 14.0. The Balaban J connectivity index is 1.51. The zero-order chi connectivity index (χ0) is 31.3. The highest BCUT2D eigenvalue weighted by Gasteiger charge is 2.29. The van der Waals surface area contributed by atoms with E-state index in [0.29, 0.717) is 62.2 Å². The molecule has 232 valence electrons. The van der Waals surface area contributed by atoms with Crippen molar-refractivity contribution >= 4 is 28.2 Å². The predicted molar refractivity (Wildman–Crippen MR) is 174 cm³/mol. The van der Waals surface area contributed by atoms with Gasteiger partial charge in [0.1, 0.15) is 24.2 Å². The van der Waals surface area contributed by atoms with Crippen LogP contribution in [-0.2, 0) is 22.5 Å². The first-order chi connectivity index (χ1) is 21.9. The van der Waals surface area contributed by atoms with Crippen LogP contribution in [0.2, 0.25) is 0 Å². The minimum absolute atomic E-state index is 0.0423. The van der Waals surface area contributed by atoms with Gasteiger partial charge in [-0.05, 0) is 54.6 Å². The lowest BCUT2D eigenvalue weighted by Gasteiger charge is -2.28. The average Bonchev–Trinajstić information content (AvgIpc) is 3.49. The molecule has 1 atom stereocenters. The van der Waals surface area contributed by atoms with Crippen molar-refractivity contribution in [1.29, 1.82) is 0 Å². The Bertz CT molecular complexity index is 1800. The number of halogens is 1. The Hall–Kier alpha value is -4.96. The zero-order valence-corrected chi connectivity index (χ0v) is 25.5. The van der Waals surface area contributed by atoms with E-state index in [1.807, 2.05) is 85.3 Å². The van der Waals surface area contributed by atoms with E-state index in [9.17, 15) is 4.79 Å². The molecule has 1 aliphatic heterocycles. The van der Waals surface area contributed by atoms with E-state index in [-0.39, 0.29) is 18.2 Å². The number of carbonyl (C=O) groups excluding carboxylic acids is 1. The molecule has 10 heteroatoms. The van der Waals surface area contributed by atoms with Crippen molar-refractivity contribution in [2.75, 3.05) is 44.0 Å². The quantitative estimate of drug-likeness (QED) is 0.205. The van der Waals surface area contributed by atoms with E-state index in [1.54, 1.807) is 17.2 Å². The van der Waals surface area contributed by atoms with Gasteiger partial charge in [-0.25, -0.2) is 14.4 Å². The third-order valence-corrected chi connectivity index (χ3v) is 8.06. The molecule has 0 aliphatic carbocycles. The minimum Gasteiger partial charge on any atom is -0.491 e. The van der Waals surface area contributed by atoms with Gasteiger partial charge in [-0.3, -0.25) is 4.79 Å². The van der Waals surface area contributed by atoms with Crippen LogP contribution in [0.5, 0.6) is 5.75 Å². The Labute approximate surface area is 261 Å². The molecule has 3 heterocycles. The Morgan fingerprint density at radius 1 is 1.09 bits per heavy atom. The molecule has 1 fully saturated rings. The van der Waals surface area contributed by atoms with Crippen LogP contribution < -0.4 is 15.8 Å². The topological polar surface area (TPSA) is 108 Å². The zero-order valence-electron chi connectivity index (χ0n) is 25.5. The molecule has 45 heavy (non-hydrogen) atoms. The summed E-state index contributed by atoms with van der Waals surface area (Å²) in [6.45, 7) is 6.26. The maximum Gasteiger partial charge on any atom is 0.242 e. The molecule has 0 radical (unpaired) electrons. The molecule has 2 aromatic heterocycles. The Morgan fingerprint density at radius 3 is 2.64 bits per heavy atom. The van der Waals surface area contributed by atoms with Gasteiger partial charge in [0, 0.05) is 47.7 Å². The molecule has 6 rings (SSSR count). The lowest BCUT2D eigenvalue weighted by atomic mass is 9.99. The van der Waals surface area contributed by atoms with E-state index in [0.717, 1.165) is 27.6 Å². The summed E-state index contributed by atoms with van der Waals surface area (Å²) < 4.78 is 29.5. The van der Waals surface area contributed by atoms with Crippen LogP contribution in [0.3, 0.4) is 0 Å². The maximum atomic E-state index is 16.4. The van der Waals surface area contributed by atoms with Crippen molar-refractivity contribution < 1.29 is 18.7 Å². The molecule has 1 saturated heterocycles. The van der Waals surface area contributed by atoms with Crippen LogP contribution >= 0.6 is 0 Å². The summed E-state index contributed by atoms with van der Waals surface area (Å²) in [5.41, 5.74) is 9.72. The summed E-state index contributed by atoms with van der Waals surface area (Å²) in [7, 11) is 0. The smallest absolute Gasteiger partial charge is 0.242 e. The highest BCUT2D eigenvalue weighted by atomic mass is 19.1. The highest BCUT2D eigenvalue weighted by Crippen LogP contribution is 2.36. The number of aryl methyl sites for hydroxylation is 1. The fraction of sp³-hybridized carbons (Fsp3) is 0.286. The van der Waals surface area contributed by atoms with Gasteiger partial charge in [-0.2, -0.15) is 0 Å². The largest absolute Gasteiger partial charge is 0.491 e. The predicted octanol–water partition coefficient (Wildman–Crippen LogP) is 5.84. The number of nitrogen functional groups attached to an aromatic ring is 1. The summed E-state index contributed by atoms with van der Waals surface area (Å²) >= 11 is 0. The molecule has 1 unspecified atom stereocenters. The van der Waals surface area contributed by atoms with Crippen molar-refractivity contribution in [3.63, 3.8) is 0 Å². The molecule has 3 aromatic carbocycles. The lowest BCUT2D eigenvalue weighted by Crippen LogP contribution is -2.42. The molecular formula is C35H37FN6O3. The minimum atomic E-state index is -0.776. The second-order valence-corrected chi connectivity index (χ2v) is 11.0.